The number of hydrogen-bond donors (Lipinski definition) is 2. The highest BCUT2D eigenvalue weighted by atomic mass is 16.6. The Kier molecular flexibility index (Phi) is 3.71. The van der Waals surface area contributed by atoms with Crippen molar-refractivity contribution < 1.29 is 24.2 Å². The number of hydrogen-bond acceptors (Lipinski definition) is 5. The van der Waals surface area contributed by atoms with Gasteiger partial charge in [-0.2, -0.15) is 0 Å². The van der Waals surface area contributed by atoms with Gasteiger partial charge >= 0.3 is 13.3 Å². The summed E-state index contributed by atoms with van der Waals surface area (Å²) in [6.45, 7) is 1.72. The smallest absolute Gasteiger partial charge is 0.512 e. The first-order chi connectivity index (χ1) is 7.04. The zero-order chi connectivity index (χ0) is 11.4. The van der Waals surface area contributed by atoms with Gasteiger partial charge < -0.3 is 19.4 Å². The first-order valence-electron chi connectivity index (χ1n) is 4.26. The summed E-state index contributed by atoms with van der Waals surface area (Å²) in [5.41, 5.74) is 0.981. The minimum atomic E-state index is -1.91. The molecular weight excluding hydrogens is 199 g/mol. The van der Waals surface area contributed by atoms with E-state index in [4.69, 9.17) is 10.0 Å². The van der Waals surface area contributed by atoms with Gasteiger partial charge in [-0.1, -0.05) is 6.07 Å². The van der Waals surface area contributed by atoms with E-state index in [1.807, 2.05) is 0 Å². The molecule has 0 aliphatic rings. The minimum absolute atomic E-state index is 0.230. The molecule has 1 rings (SSSR count). The lowest BCUT2D eigenvalue weighted by atomic mass is 10.1. The fourth-order valence-corrected chi connectivity index (χ4v) is 1.09. The SMILES string of the molecule is COC(=O)c1ccc(C)c(OB(O)O)c1. The van der Waals surface area contributed by atoms with E-state index in [9.17, 15) is 4.79 Å². The third kappa shape index (κ3) is 2.97. The molecule has 0 aliphatic carbocycles. The molecule has 0 saturated carbocycles. The van der Waals surface area contributed by atoms with Gasteiger partial charge in [-0.05, 0) is 24.6 Å². The summed E-state index contributed by atoms with van der Waals surface area (Å²) in [7, 11) is -0.638. The minimum Gasteiger partial charge on any atom is -0.512 e. The molecule has 0 fully saturated rings. The van der Waals surface area contributed by atoms with Crippen LogP contribution in [0.2, 0.25) is 0 Å². The number of rotatable bonds is 3. The standard InChI is InChI=1S/C9H11BO5/c1-6-3-4-7(9(11)14-2)5-8(6)15-10(12)13/h3-5,12-13H,1-2H3. The van der Waals surface area contributed by atoms with Crippen LogP contribution in [0.25, 0.3) is 0 Å². The zero-order valence-corrected chi connectivity index (χ0v) is 8.43. The quantitative estimate of drug-likeness (QED) is 0.547. The molecule has 5 nitrogen and oxygen atoms in total. The van der Waals surface area contributed by atoms with Crippen LogP contribution in [0.1, 0.15) is 15.9 Å². The average molecular weight is 210 g/mol. The van der Waals surface area contributed by atoms with E-state index in [2.05, 4.69) is 9.39 Å². The molecular formula is C9H11BO5. The Balaban J connectivity index is 2.99. The lowest BCUT2D eigenvalue weighted by molar-refractivity contribution is 0.0600. The first kappa shape index (κ1) is 11.5. The van der Waals surface area contributed by atoms with Gasteiger partial charge in [0.2, 0.25) is 0 Å². The molecule has 0 aromatic heterocycles. The maximum absolute atomic E-state index is 11.2. The number of carbonyl (C=O) groups is 1. The lowest BCUT2D eigenvalue weighted by Crippen LogP contribution is -2.21. The Morgan fingerprint density at radius 3 is 2.60 bits per heavy atom. The van der Waals surface area contributed by atoms with E-state index in [1.165, 1.54) is 13.2 Å². The van der Waals surface area contributed by atoms with Crippen molar-refractivity contribution in [1.82, 2.24) is 0 Å². The molecule has 2 N–H and O–H groups in total. The second-order valence-electron chi connectivity index (χ2n) is 2.92. The molecule has 0 unspecified atom stereocenters. The number of methoxy groups -OCH3 is 1. The number of benzene rings is 1. The van der Waals surface area contributed by atoms with E-state index in [0.29, 0.717) is 11.1 Å². The molecule has 0 radical (unpaired) electrons. The predicted octanol–water partition coefficient (Wildman–Crippen LogP) is 0.130. The van der Waals surface area contributed by atoms with Crippen molar-refractivity contribution in [3.05, 3.63) is 29.3 Å². The third-order valence-electron chi connectivity index (χ3n) is 1.84. The topological polar surface area (TPSA) is 76.0 Å². The van der Waals surface area contributed by atoms with Crippen molar-refractivity contribution in [2.75, 3.05) is 7.11 Å². The third-order valence-corrected chi connectivity index (χ3v) is 1.84. The molecule has 0 amide bonds. The molecule has 0 saturated heterocycles. The second kappa shape index (κ2) is 4.81. The summed E-state index contributed by atoms with van der Waals surface area (Å²) >= 11 is 0. The molecule has 1 aromatic rings. The van der Waals surface area contributed by atoms with Crippen LogP contribution in [0.15, 0.2) is 18.2 Å². The predicted molar refractivity (Wildman–Crippen MR) is 53.3 cm³/mol. The second-order valence-corrected chi connectivity index (χ2v) is 2.92. The maximum Gasteiger partial charge on any atom is 0.707 e. The number of carbonyl (C=O) groups excluding carboxylic acids is 1. The number of esters is 1. The van der Waals surface area contributed by atoms with Crippen molar-refractivity contribution in [3.63, 3.8) is 0 Å². The fourth-order valence-electron chi connectivity index (χ4n) is 1.09. The monoisotopic (exact) mass is 210 g/mol. The highest BCUT2D eigenvalue weighted by Crippen LogP contribution is 2.20. The van der Waals surface area contributed by atoms with Crippen LogP contribution in [0.4, 0.5) is 0 Å². The Hall–Kier alpha value is -1.53. The van der Waals surface area contributed by atoms with Crippen molar-refractivity contribution >= 4 is 13.3 Å². The number of ether oxygens (including phenoxy) is 1. The number of aryl methyl sites for hydroxylation is 1. The van der Waals surface area contributed by atoms with Gasteiger partial charge in [0.25, 0.3) is 0 Å². The molecule has 80 valence electrons. The first-order valence-corrected chi connectivity index (χ1v) is 4.26. The molecule has 0 spiro atoms. The largest absolute Gasteiger partial charge is 0.707 e. The van der Waals surface area contributed by atoms with Gasteiger partial charge in [-0.15, -0.1) is 0 Å². The normalized spacial score (nSPS) is 9.60. The van der Waals surface area contributed by atoms with Gasteiger partial charge in [-0.3, -0.25) is 0 Å². The molecule has 1 aromatic carbocycles. The van der Waals surface area contributed by atoms with Gasteiger partial charge in [0.15, 0.2) is 0 Å². The van der Waals surface area contributed by atoms with Gasteiger partial charge in [-0.25, -0.2) is 4.79 Å². The molecule has 0 aliphatic heterocycles. The summed E-state index contributed by atoms with van der Waals surface area (Å²) < 4.78 is 9.20. The molecule has 6 heteroatoms. The van der Waals surface area contributed by atoms with E-state index in [1.54, 1.807) is 19.1 Å². The Morgan fingerprint density at radius 2 is 2.07 bits per heavy atom. The van der Waals surface area contributed by atoms with E-state index in [-0.39, 0.29) is 5.75 Å². The zero-order valence-electron chi connectivity index (χ0n) is 8.43. The Labute approximate surface area is 87.4 Å². The van der Waals surface area contributed by atoms with Crippen LogP contribution in [0.5, 0.6) is 5.75 Å². The van der Waals surface area contributed by atoms with Crippen molar-refractivity contribution in [2.24, 2.45) is 0 Å². The lowest BCUT2D eigenvalue weighted by Gasteiger charge is -2.09. The summed E-state index contributed by atoms with van der Waals surface area (Å²) in [5, 5.41) is 17.3. The summed E-state index contributed by atoms with van der Waals surface area (Å²) in [6, 6.07) is 4.59. The van der Waals surface area contributed by atoms with Crippen LogP contribution >= 0.6 is 0 Å². The van der Waals surface area contributed by atoms with Gasteiger partial charge in [0.05, 0.1) is 12.7 Å². The maximum atomic E-state index is 11.2. The highest BCUT2D eigenvalue weighted by Gasteiger charge is 2.15. The Morgan fingerprint density at radius 1 is 1.40 bits per heavy atom. The molecule has 0 bridgehead atoms. The molecule has 0 atom stereocenters. The fraction of sp³-hybridized carbons (Fsp3) is 0.222. The average Bonchev–Trinajstić information content (AvgIpc) is 2.19. The van der Waals surface area contributed by atoms with Crippen molar-refractivity contribution in [1.29, 1.82) is 0 Å². The summed E-state index contributed by atoms with van der Waals surface area (Å²) in [4.78, 5) is 11.2. The van der Waals surface area contributed by atoms with Crippen LogP contribution in [-0.4, -0.2) is 30.4 Å². The van der Waals surface area contributed by atoms with Crippen LogP contribution in [-0.2, 0) is 4.74 Å². The van der Waals surface area contributed by atoms with Gasteiger partial charge in [0, 0.05) is 0 Å². The van der Waals surface area contributed by atoms with Crippen LogP contribution in [0.3, 0.4) is 0 Å². The highest BCUT2D eigenvalue weighted by molar-refractivity contribution is 6.33. The van der Waals surface area contributed by atoms with Gasteiger partial charge in [0.1, 0.15) is 5.75 Å². The Bertz CT molecular complexity index is 364. The molecule has 15 heavy (non-hydrogen) atoms. The van der Waals surface area contributed by atoms with Crippen LogP contribution in [0, 0.1) is 6.92 Å². The summed E-state index contributed by atoms with van der Waals surface area (Å²) in [5.74, 6) is -0.278. The van der Waals surface area contributed by atoms with Crippen molar-refractivity contribution in [3.8, 4) is 5.75 Å². The van der Waals surface area contributed by atoms with E-state index < -0.39 is 13.3 Å². The van der Waals surface area contributed by atoms with Crippen molar-refractivity contribution in [2.45, 2.75) is 6.92 Å². The van der Waals surface area contributed by atoms with E-state index in [0.717, 1.165) is 0 Å². The van der Waals surface area contributed by atoms with Crippen LogP contribution < -0.4 is 4.65 Å². The van der Waals surface area contributed by atoms with E-state index >= 15 is 0 Å². The molecule has 0 heterocycles. The summed E-state index contributed by atoms with van der Waals surface area (Å²) in [6.07, 6.45) is 0.